The van der Waals surface area contributed by atoms with Crippen molar-refractivity contribution in [2.24, 2.45) is 0 Å². The molecule has 1 amide bonds. The first-order valence-corrected chi connectivity index (χ1v) is 7.37. The predicted octanol–water partition coefficient (Wildman–Crippen LogP) is 0.718. The average Bonchev–Trinajstić information content (AvgIpc) is 2.60. The maximum atomic E-state index is 11.3. The lowest BCUT2D eigenvalue weighted by Crippen LogP contribution is -2.38. The third kappa shape index (κ3) is 6.89. The zero-order valence-corrected chi connectivity index (χ0v) is 12.3. The molecule has 0 aliphatic carbocycles. The molecule has 1 aliphatic rings. The Kier molecular flexibility index (Phi) is 8.02. The average molecular weight is 272 g/mol. The van der Waals surface area contributed by atoms with Crippen molar-refractivity contribution in [3.63, 3.8) is 0 Å². The summed E-state index contributed by atoms with van der Waals surface area (Å²) >= 11 is 0. The normalized spacial score (nSPS) is 19.2. The SMILES string of the molecule is CCCCOCC(O)CN1CCCN(C(C)=O)CC1. The Bertz CT molecular complexity index is 261. The molecule has 0 aromatic heterocycles. The van der Waals surface area contributed by atoms with Crippen LogP contribution in [0.15, 0.2) is 0 Å². The highest BCUT2D eigenvalue weighted by Crippen LogP contribution is 2.04. The van der Waals surface area contributed by atoms with Gasteiger partial charge in [-0.15, -0.1) is 0 Å². The monoisotopic (exact) mass is 272 g/mol. The molecule has 0 bridgehead atoms. The maximum absolute atomic E-state index is 11.3. The number of nitrogens with zero attached hydrogens (tertiary/aromatic N) is 2. The number of β-amino-alcohol motifs (C(OH)–C–C–N with tert-alkyl or cyclic N) is 1. The first-order valence-electron chi connectivity index (χ1n) is 7.37. The van der Waals surface area contributed by atoms with Crippen molar-refractivity contribution in [1.29, 1.82) is 0 Å². The molecule has 19 heavy (non-hydrogen) atoms. The number of unbranched alkanes of at least 4 members (excludes halogenated alkanes) is 1. The standard InChI is InChI=1S/C14H28N2O3/c1-3-4-10-19-12-14(18)11-15-6-5-7-16(9-8-15)13(2)17/h14,18H,3-12H2,1-2H3. The number of hydrogen-bond donors (Lipinski definition) is 1. The van der Waals surface area contributed by atoms with E-state index < -0.39 is 6.10 Å². The smallest absolute Gasteiger partial charge is 0.219 e. The van der Waals surface area contributed by atoms with Crippen LogP contribution in [0.4, 0.5) is 0 Å². The summed E-state index contributed by atoms with van der Waals surface area (Å²) in [5, 5.41) is 9.92. The molecule has 0 saturated carbocycles. The molecule has 1 heterocycles. The molecule has 5 nitrogen and oxygen atoms in total. The Balaban J connectivity index is 2.19. The lowest BCUT2D eigenvalue weighted by atomic mass is 10.3. The first kappa shape index (κ1) is 16.4. The first-order chi connectivity index (χ1) is 9.13. The lowest BCUT2D eigenvalue weighted by molar-refractivity contribution is -0.128. The Morgan fingerprint density at radius 1 is 1.32 bits per heavy atom. The molecule has 1 fully saturated rings. The summed E-state index contributed by atoms with van der Waals surface area (Å²) in [6.07, 6.45) is 2.71. The molecule has 112 valence electrons. The summed E-state index contributed by atoms with van der Waals surface area (Å²) in [4.78, 5) is 15.4. The van der Waals surface area contributed by atoms with Crippen LogP contribution in [-0.4, -0.2) is 72.9 Å². The van der Waals surface area contributed by atoms with E-state index in [-0.39, 0.29) is 5.91 Å². The summed E-state index contributed by atoms with van der Waals surface area (Å²) in [7, 11) is 0. The molecule has 1 N–H and O–H groups in total. The van der Waals surface area contributed by atoms with E-state index in [1.54, 1.807) is 6.92 Å². The summed E-state index contributed by atoms with van der Waals surface area (Å²) in [5.41, 5.74) is 0. The zero-order chi connectivity index (χ0) is 14.1. The van der Waals surface area contributed by atoms with Gasteiger partial charge in [-0.3, -0.25) is 9.69 Å². The van der Waals surface area contributed by atoms with Gasteiger partial charge >= 0.3 is 0 Å². The second kappa shape index (κ2) is 9.28. The number of hydrogen-bond acceptors (Lipinski definition) is 4. The van der Waals surface area contributed by atoms with Gasteiger partial charge in [-0.25, -0.2) is 0 Å². The molecule has 0 aromatic rings. The van der Waals surface area contributed by atoms with Crippen molar-refractivity contribution < 1.29 is 14.6 Å². The Labute approximate surface area is 116 Å². The van der Waals surface area contributed by atoms with Crippen molar-refractivity contribution in [2.45, 2.75) is 39.2 Å². The minimum Gasteiger partial charge on any atom is -0.389 e. The van der Waals surface area contributed by atoms with Crippen LogP contribution in [0.3, 0.4) is 0 Å². The highest BCUT2D eigenvalue weighted by Gasteiger charge is 2.18. The Hall–Kier alpha value is -0.650. The maximum Gasteiger partial charge on any atom is 0.219 e. The molecule has 1 atom stereocenters. The van der Waals surface area contributed by atoms with E-state index in [9.17, 15) is 9.90 Å². The van der Waals surface area contributed by atoms with Gasteiger partial charge in [-0.05, 0) is 19.4 Å². The zero-order valence-electron chi connectivity index (χ0n) is 12.3. The van der Waals surface area contributed by atoms with Crippen LogP contribution in [0.2, 0.25) is 0 Å². The fraction of sp³-hybridized carbons (Fsp3) is 0.929. The van der Waals surface area contributed by atoms with E-state index in [4.69, 9.17) is 4.74 Å². The number of ether oxygens (including phenoxy) is 1. The van der Waals surface area contributed by atoms with Crippen LogP contribution in [0.5, 0.6) is 0 Å². The van der Waals surface area contributed by atoms with Gasteiger partial charge in [-0.2, -0.15) is 0 Å². The van der Waals surface area contributed by atoms with E-state index in [0.717, 1.165) is 52.0 Å². The van der Waals surface area contributed by atoms with Crippen molar-refractivity contribution in [2.75, 3.05) is 45.9 Å². The van der Waals surface area contributed by atoms with Crippen LogP contribution >= 0.6 is 0 Å². The summed E-state index contributed by atoms with van der Waals surface area (Å²) in [5.74, 6) is 0.144. The Morgan fingerprint density at radius 3 is 2.79 bits per heavy atom. The van der Waals surface area contributed by atoms with E-state index in [1.807, 2.05) is 4.90 Å². The molecule has 1 rings (SSSR count). The number of rotatable bonds is 7. The molecular formula is C14H28N2O3. The fourth-order valence-corrected chi connectivity index (χ4v) is 2.28. The van der Waals surface area contributed by atoms with Gasteiger partial charge in [0.1, 0.15) is 0 Å². The summed E-state index contributed by atoms with van der Waals surface area (Å²) < 4.78 is 5.43. The number of amides is 1. The van der Waals surface area contributed by atoms with Gasteiger partial charge in [0.05, 0.1) is 12.7 Å². The lowest BCUT2D eigenvalue weighted by Gasteiger charge is -2.23. The third-order valence-electron chi connectivity index (χ3n) is 3.46. The topological polar surface area (TPSA) is 53.0 Å². The number of aliphatic hydroxyl groups excluding tert-OH is 1. The number of aliphatic hydroxyl groups is 1. The minimum absolute atomic E-state index is 0.144. The second-order valence-electron chi connectivity index (χ2n) is 5.24. The fourth-order valence-electron chi connectivity index (χ4n) is 2.28. The quantitative estimate of drug-likeness (QED) is 0.694. The molecule has 0 radical (unpaired) electrons. The molecule has 5 heteroatoms. The van der Waals surface area contributed by atoms with Gasteiger partial charge in [0.15, 0.2) is 0 Å². The summed E-state index contributed by atoms with van der Waals surface area (Å²) in [6, 6.07) is 0. The van der Waals surface area contributed by atoms with E-state index in [1.165, 1.54) is 0 Å². The largest absolute Gasteiger partial charge is 0.389 e. The van der Waals surface area contributed by atoms with E-state index in [2.05, 4.69) is 11.8 Å². The molecule has 1 aliphatic heterocycles. The van der Waals surface area contributed by atoms with Crippen LogP contribution in [-0.2, 0) is 9.53 Å². The van der Waals surface area contributed by atoms with Crippen molar-refractivity contribution in [3.8, 4) is 0 Å². The van der Waals surface area contributed by atoms with Crippen molar-refractivity contribution in [1.82, 2.24) is 9.80 Å². The predicted molar refractivity (Wildman–Crippen MR) is 75.0 cm³/mol. The van der Waals surface area contributed by atoms with Gasteiger partial charge in [0.25, 0.3) is 0 Å². The van der Waals surface area contributed by atoms with Crippen LogP contribution in [0.1, 0.15) is 33.1 Å². The molecule has 1 unspecified atom stereocenters. The highest BCUT2D eigenvalue weighted by atomic mass is 16.5. The second-order valence-corrected chi connectivity index (χ2v) is 5.24. The van der Waals surface area contributed by atoms with Gasteiger partial charge < -0.3 is 14.7 Å². The molecular weight excluding hydrogens is 244 g/mol. The summed E-state index contributed by atoms with van der Waals surface area (Å²) in [6.45, 7) is 8.88. The van der Waals surface area contributed by atoms with Gasteiger partial charge in [-0.1, -0.05) is 13.3 Å². The third-order valence-corrected chi connectivity index (χ3v) is 3.46. The van der Waals surface area contributed by atoms with Crippen LogP contribution in [0, 0.1) is 0 Å². The van der Waals surface area contributed by atoms with Crippen molar-refractivity contribution >= 4 is 5.91 Å². The van der Waals surface area contributed by atoms with Crippen molar-refractivity contribution in [3.05, 3.63) is 0 Å². The highest BCUT2D eigenvalue weighted by molar-refractivity contribution is 5.73. The van der Waals surface area contributed by atoms with E-state index >= 15 is 0 Å². The molecule has 1 saturated heterocycles. The number of carbonyl (C=O) groups excluding carboxylic acids is 1. The Morgan fingerprint density at radius 2 is 2.11 bits per heavy atom. The molecule has 0 spiro atoms. The van der Waals surface area contributed by atoms with E-state index in [0.29, 0.717) is 13.2 Å². The minimum atomic E-state index is -0.430. The molecule has 0 aromatic carbocycles. The van der Waals surface area contributed by atoms with Gasteiger partial charge in [0, 0.05) is 39.7 Å². The van der Waals surface area contributed by atoms with Crippen LogP contribution < -0.4 is 0 Å². The van der Waals surface area contributed by atoms with Crippen LogP contribution in [0.25, 0.3) is 0 Å². The van der Waals surface area contributed by atoms with Gasteiger partial charge in [0.2, 0.25) is 5.91 Å². The number of carbonyl (C=O) groups is 1.